The first-order valence-electron chi connectivity index (χ1n) is 12.1. The lowest BCUT2D eigenvalue weighted by Gasteiger charge is -2.47. The summed E-state index contributed by atoms with van der Waals surface area (Å²) in [5.41, 5.74) is 7.65. The van der Waals surface area contributed by atoms with E-state index in [4.69, 9.17) is 12.6 Å². The Labute approximate surface area is 195 Å². The molecule has 6 unspecified atom stereocenters. The number of benzene rings is 1. The molecule has 0 bridgehead atoms. The Bertz CT molecular complexity index is 947. The number of fused-ring (bicyclic) bond motifs is 2. The molecule has 0 aliphatic heterocycles. The summed E-state index contributed by atoms with van der Waals surface area (Å²) in [5, 5.41) is 0. The average molecular weight is 434 g/mol. The highest BCUT2D eigenvalue weighted by Gasteiger charge is 2.44. The highest BCUT2D eigenvalue weighted by Crippen LogP contribution is 2.51. The second-order valence-corrected chi connectivity index (χ2v) is 11.0. The molecule has 0 aromatic heterocycles. The van der Waals surface area contributed by atoms with Crippen LogP contribution in [0, 0.1) is 17.8 Å². The van der Waals surface area contributed by atoms with Crippen LogP contribution in [0.25, 0.3) is 0 Å². The molecule has 0 fully saturated rings. The molecular formula is C29H39NS. The average Bonchev–Trinajstić information content (AvgIpc) is 3.17. The molecule has 3 aliphatic rings. The number of aryl methyl sites for hydroxylation is 1. The van der Waals surface area contributed by atoms with E-state index in [9.17, 15) is 0 Å². The Morgan fingerprint density at radius 2 is 1.87 bits per heavy atom. The number of thiol groups is 1. The van der Waals surface area contributed by atoms with Crippen molar-refractivity contribution in [2.24, 2.45) is 17.8 Å². The number of allylic oxidation sites excluding steroid dienone is 6. The molecule has 0 saturated carbocycles. The van der Waals surface area contributed by atoms with Gasteiger partial charge in [0.05, 0.1) is 6.04 Å². The molecule has 0 radical (unpaired) electrons. The van der Waals surface area contributed by atoms with Crippen LogP contribution in [-0.4, -0.2) is 16.8 Å². The summed E-state index contributed by atoms with van der Waals surface area (Å²) >= 11 is 5.17. The van der Waals surface area contributed by atoms with Crippen LogP contribution in [0.2, 0.25) is 0 Å². The van der Waals surface area contributed by atoms with Gasteiger partial charge in [0.1, 0.15) is 0 Å². The summed E-state index contributed by atoms with van der Waals surface area (Å²) < 4.78 is -0.0719. The van der Waals surface area contributed by atoms with Gasteiger partial charge in [-0.1, -0.05) is 80.5 Å². The summed E-state index contributed by atoms with van der Waals surface area (Å²) in [6.45, 7) is 14.0. The van der Waals surface area contributed by atoms with Gasteiger partial charge in [-0.15, -0.1) is 0 Å². The first-order chi connectivity index (χ1) is 14.8. The molecule has 4 rings (SSSR count). The maximum absolute atomic E-state index is 5.17. The predicted octanol–water partition coefficient (Wildman–Crippen LogP) is 7.57. The van der Waals surface area contributed by atoms with Gasteiger partial charge in [-0.3, -0.25) is 0 Å². The maximum Gasteiger partial charge on any atom is 0.0696 e. The Balaban J connectivity index is 1.88. The maximum atomic E-state index is 5.17. The fourth-order valence-electron chi connectivity index (χ4n) is 5.87. The van der Waals surface area contributed by atoms with E-state index in [1.165, 1.54) is 23.2 Å². The lowest BCUT2D eigenvalue weighted by molar-refractivity contribution is 0.466. The Hall–Kier alpha value is -1.67. The van der Waals surface area contributed by atoms with Crippen LogP contribution < -0.4 is 4.90 Å². The number of rotatable bonds is 6. The minimum Gasteiger partial charge on any atom is -0.357 e. The van der Waals surface area contributed by atoms with Crippen LogP contribution in [0.5, 0.6) is 0 Å². The SMILES string of the molecule is CCc1ccccc1N(C1C=C(C)C(C)C2=C1CC1C=CC=CC21)C(C)C(C)(S)CC. The zero-order chi connectivity index (χ0) is 22.3. The topological polar surface area (TPSA) is 3.24 Å². The van der Waals surface area contributed by atoms with Crippen LogP contribution in [0.4, 0.5) is 5.69 Å². The van der Waals surface area contributed by atoms with Crippen molar-refractivity contribution in [2.45, 2.75) is 77.6 Å². The monoisotopic (exact) mass is 433 g/mol. The summed E-state index contributed by atoms with van der Waals surface area (Å²) in [5.74, 6) is 1.71. The molecule has 166 valence electrons. The molecule has 1 aromatic carbocycles. The zero-order valence-electron chi connectivity index (χ0n) is 20.1. The molecule has 1 aromatic rings. The van der Waals surface area contributed by atoms with Gasteiger partial charge in [0.25, 0.3) is 0 Å². The van der Waals surface area contributed by atoms with Crippen molar-refractivity contribution in [3.8, 4) is 0 Å². The van der Waals surface area contributed by atoms with E-state index in [0.717, 1.165) is 12.8 Å². The van der Waals surface area contributed by atoms with Crippen LogP contribution >= 0.6 is 12.6 Å². The number of anilines is 1. The Morgan fingerprint density at radius 1 is 1.16 bits per heavy atom. The standard InChI is InChI=1S/C29H39NS/c1-7-22-13-10-12-16-26(22)30(21(5)29(6,31)8-2)27-17-19(3)20(4)28-24-15-11-9-14-23(24)18-25(27)28/h9-17,20-21,23-24,27,31H,7-8,18H2,1-6H3. The second kappa shape index (κ2) is 8.70. The molecule has 0 spiro atoms. The molecule has 0 N–H and O–H groups in total. The van der Waals surface area contributed by atoms with E-state index in [1.54, 1.807) is 11.1 Å². The van der Waals surface area contributed by atoms with Crippen molar-refractivity contribution in [2.75, 3.05) is 4.90 Å². The lowest BCUT2D eigenvalue weighted by atomic mass is 9.77. The van der Waals surface area contributed by atoms with Gasteiger partial charge >= 0.3 is 0 Å². The summed E-state index contributed by atoms with van der Waals surface area (Å²) in [6, 6.07) is 9.62. The minimum absolute atomic E-state index is 0.0719. The highest BCUT2D eigenvalue weighted by atomic mass is 32.1. The second-order valence-electron chi connectivity index (χ2n) is 10.00. The van der Waals surface area contributed by atoms with Crippen LogP contribution in [0.15, 0.2) is 71.4 Å². The molecule has 0 amide bonds. The van der Waals surface area contributed by atoms with Crippen molar-refractivity contribution in [3.63, 3.8) is 0 Å². The van der Waals surface area contributed by atoms with Gasteiger partial charge in [0.15, 0.2) is 0 Å². The van der Waals surface area contributed by atoms with Crippen molar-refractivity contribution in [3.05, 3.63) is 76.9 Å². The Morgan fingerprint density at radius 3 is 2.58 bits per heavy atom. The third kappa shape index (κ3) is 3.86. The molecule has 0 heterocycles. The van der Waals surface area contributed by atoms with E-state index in [2.05, 4.69) is 101 Å². The zero-order valence-corrected chi connectivity index (χ0v) is 21.0. The fourth-order valence-corrected chi connectivity index (χ4v) is 5.99. The predicted molar refractivity (Wildman–Crippen MR) is 139 cm³/mol. The molecule has 2 heteroatoms. The fraction of sp³-hybridized carbons (Fsp3) is 0.517. The normalized spacial score (nSPS) is 29.8. The number of hydrogen-bond donors (Lipinski definition) is 1. The van der Waals surface area contributed by atoms with Crippen molar-refractivity contribution in [1.29, 1.82) is 0 Å². The van der Waals surface area contributed by atoms with Crippen molar-refractivity contribution >= 4 is 18.3 Å². The quantitative estimate of drug-likeness (QED) is 0.358. The third-order valence-corrected chi connectivity index (χ3v) is 9.04. The number of hydrogen-bond acceptors (Lipinski definition) is 2. The van der Waals surface area contributed by atoms with Crippen molar-refractivity contribution in [1.82, 2.24) is 0 Å². The van der Waals surface area contributed by atoms with Gasteiger partial charge in [0.2, 0.25) is 0 Å². The van der Waals surface area contributed by atoms with E-state index < -0.39 is 0 Å². The molecular weight excluding hydrogens is 394 g/mol. The minimum atomic E-state index is -0.0719. The van der Waals surface area contributed by atoms with Crippen LogP contribution in [0.3, 0.4) is 0 Å². The largest absolute Gasteiger partial charge is 0.357 e. The van der Waals surface area contributed by atoms with Gasteiger partial charge in [-0.25, -0.2) is 0 Å². The first-order valence-corrected chi connectivity index (χ1v) is 12.6. The number of nitrogens with zero attached hydrogens (tertiary/aromatic N) is 1. The van der Waals surface area contributed by atoms with E-state index in [1.807, 2.05) is 0 Å². The molecule has 31 heavy (non-hydrogen) atoms. The summed E-state index contributed by atoms with van der Waals surface area (Å²) in [6.07, 6.45) is 15.2. The van der Waals surface area contributed by atoms with Crippen LogP contribution in [-0.2, 0) is 6.42 Å². The van der Waals surface area contributed by atoms with Gasteiger partial charge < -0.3 is 4.90 Å². The Kier molecular flexibility index (Phi) is 6.32. The first kappa shape index (κ1) is 22.5. The molecule has 3 aliphatic carbocycles. The molecule has 0 saturated heterocycles. The number of para-hydroxylation sites is 1. The van der Waals surface area contributed by atoms with Gasteiger partial charge in [-0.05, 0) is 69.1 Å². The third-order valence-electron chi connectivity index (χ3n) is 8.35. The van der Waals surface area contributed by atoms with E-state index in [0.29, 0.717) is 29.8 Å². The smallest absolute Gasteiger partial charge is 0.0696 e. The summed E-state index contributed by atoms with van der Waals surface area (Å²) in [4.78, 5) is 2.71. The van der Waals surface area contributed by atoms with Crippen molar-refractivity contribution < 1.29 is 0 Å². The summed E-state index contributed by atoms with van der Waals surface area (Å²) in [7, 11) is 0. The van der Waals surface area contributed by atoms with E-state index in [-0.39, 0.29) is 4.75 Å². The van der Waals surface area contributed by atoms with Crippen LogP contribution in [0.1, 0.15) is 59.9 Å². The lowest BCUT2D eigenvalue weighted by Crippen LogP contribution is -2.52. The highest BCUT2D eigenvalue weighted by molar-refractivity contribution is 7.81. The molecule has 6 atom stereocenters. The van der Waals surface area contributed by atoms with E-state index >= 15 is 0 Å². The molecule has 1 nitrogen and oxygen atoms in total. The van der Waals surface area contributed by atoms with Gasteiger partial charge in [0, 0.05) is 22.4 Å². The van der Waals surface area contributed by atoms with Gasteiger partial charge in [-0.2, -0.15) is 12.6 Å².